The molecule has 0 radical (unpaired) electrons. The van der Waals surface area contributed by atoms with E-state index in [9.17, 15) is 0 Å². The van der Waals surface area contributed by atoms with Gasteiger partial charge in [-0.2, -0.15) is 0 Å². The van der Waals surface area contributed by atoms with Crippen molar-refractivity contribution in [2.24, 2.45) is 5.92 Å². The van der Waals surface area contributed by atoms with Crippen LogP contribution >= 0.6 is 0 Å². The molecule has 104 valence electrons. The van der Waals surface area contributed by atoms with Crippen molar-refractivity contribution in [1.82, 2.24) is 10.2 Å². The summed E-state index contributed by atoms with van der Waals surface area (Å²) in [6.45, 7) is 8.45. The SMILES string of the molecule is CC(C)CN1CCC(NC2CC3CCC2O3)CC1. The normalized spacial score (nSPS) is 37.8. The van der Waals surface area contributed by atoms with E-state index in [-0.39, 0.29) is 0 Å². The van der Waals surface area contributed by atoms with E-state index in [1.54, 1.807) is 0 Å². The Morgan fingerprint density at radius 3 is 2.50 bits per heavy atom. The van der Waals surface area contributed by atoms with Crippen molar-refractivity contribution in [2.75, 3.05) is 19.6 Å². The quantitative estimate of drug-likeness (QED) is 0.828. The smallest absolute Gasteiger partial charge is 0.0733 e. The van der Waals surface area contributed by atoms with Crippen LogP contribution in [0.1, 0.15) is 46.0 Å². The Kier molecular flexibility index (Phi) is 3.92. The summed E-state index contributed by atoms with van der Waals surface area (Å²) >= 11 is 0. The lowest BCUT2D eigenvalue weighted by Crippen LogP contribution is -2.49. The van der Waals surface area contributed by atoms with Crippen LogP contribution in [-0.2, 0) is 4.74 Å². The van der Waals surface area contributed by atoms with Crippen molar-refractivity contribution in [3.8, 4) is 0 Å². The summed E-state index contributed by atoms with van der Waals surface area (Å²) in [7, 11) is 0. The van der Waals surface area contributed by atoms with E-state index in [1.807, 2.05) is 0 Å². The number of ether oxygens (including phenoxy) is 1. The maximum atomic E-state index is 5.93. The molecule has 0 aromatic heterocycles. The van der Waals surface area contributed by atoms with E-state index in [2.05, 4.69) is 24.1 Å². The Morgan fingerprint density at radius 1 is 1.17 bits per heavy atom. The fourth-order valence-electron chi connectivity index (χ4n) is 3.91. The molecule has 3 heteroatoms. The summed E-state index contributed by atoms with van der Waals surface area (Å²) in [5.74, 6) is 0.800. The zero-order chi connectivity index (χ0) is 12.5. The van der Waals surface area contributed by atoms with Crippen molar-refractivity contribution < 1.29 is 4.74 Å². The van der Waals surface area contributed by atoms with Crippen LogP contribution in [0, 0.1) is 5.92 Å². The monoisotopic (exact) mass is 252 g/mol. The van der Waals surface area contributed by atoms with Crippen molar-refractivity contribution in [3.05, 3.63) is 0 Å². The van der Waals surface area contributed by atoms with Gasteiger partial charge < -0.3 is 15.0 Å². The second-order valence-corrected chi connectivity index (χ2v) is 6.85. The van der Waals surface area contributed by atoms with Crippen LogP contribution < -0.4 is 5.32 Å². The van der Waals surface area contributed by atoms with Gasteiger partial charge >= 0.3 is 0 Å². The molecule has 3 aliphatic rings. The van der Waals surface area contributed by atoms with E-state index in [0.29, 0.717) is 18.2 Å². The van der Waals surface area contributed by atoms with E-state index >= 15 is 0 Å². The Morgan fingerprint density at radius 2 is 1.94 bits per heavy atom. The first-order valence-electron chi connectivity index (χ1n) is 7.84. The highest BCUT2D eigenvalue weighted by Gasteiger charge is 2.41. The lowest BCUT2D eigenvalue weighted by Gasteiger charge is -2.35. The second-order valence-electron chi connectivity index (χ2n) is 6.85. The van der Waals surface area contributed by atoms with Gasteiger partial charge in [-0.05, 0) is 51.1 Å². The molecule has 3 atom stereocenters. The molecule has 1 N–H and O–H groups in total. The van der Waals surface area contributed by atoms with Gasteiger partial charge in [0, 0.05) is 18.6 Å². The molecule has 0 spiro atoms. The average molecular weight is 252 g/mol. The number of nitrogens with one attached hydrogen (secondary N) is 1. The third kappa shape index (κ3) is 2.89. The number of hydrogen-bond donors (Lipinski definition) is 1. The molecule has 3 fully saturated rings. The van der Waals surface area contributed by atoms with Crippen LogP contribution in [0.3, 0.4) is 0 Å². The van der Waals surface area contributed by atoms with Crippen LogP contribution in [0.25, 0.3) is 0 Å². The first-order valence-corrected chi connectivity index (χ1v) is 7.84. The van der Waals surface area contributed by atoms with Crippen molar-refractivity contribution in [2.45, 2.75) is 70.2 Å². The molecule has 18 heavy (non-hydrogen) atoms. The Balaban J connectivity index is 1.40. The van der Waals surface area contributed by atoms with Crippen LogP contribution in [0.4, 0.5) is 0 Å². The van der Waals surface area contributed by atoms with Gasteiger partial charge in [0.1, 0.15) is 0 Å². The van der Waals surface area contributed by atoms with Gasteiger partial charge in [-0.15, -0.1) is 0 Å². The zero-order valence-electron chi connectivity index (χ0n) is 11.9. The molecule has 3 aliphatic heterocycles. The maximum absolute atomic E-state index is 5.93. The van der Waals surface area contributed by atoms with Gasteiger partial charge in [0.2, 0.25) is 0 Å². The maximum Gasteiger partial charge on any atom is 0.0733 e. The first-order chi connectivity index (χ1) is 8.70. The number of rotatable bonds is 4. The van der Waals surface area contributed by atoms with E-state index in [0.717, 1.165) is 12.0 Å². The van der Waals surface area contributed by atoms with E-state index in [1.165, 1.54) is 51.7 Å². The predicted molar refractivity (Wildman–Crippen MR) is 73.7 cm³/mol. The largest absolute Gasteiger partial charge is 0.373 e. The minimum absolute atomic E-state index is 0.531. The molecule has 0 saturated carbocycles. The van der Waals surface area contributed by atoms with Crippen molar-refractivity contribution >= 4 is 0 Å². The second kappa shape index (κ2) is 5.48. The molecular weight excluding hydrogens is 224 g/mol. The summed E-state index contributed by atoms with van der Waals surface area (Å²) < 4.78 is 5.93. The number of fused-ring (bicyclic) bond motifs is 2. The Hall–Kier alpha value is -0.120. The van der Waals surface area contributed by atoms with E-state index in [4.69, 9.17) is 4.74 Å². The van der Waals surface area contributed by atoms with Gasteiger partial charge in [0.05, 0.1) is 12.2 Å². The van der Waals surface area contributed by atoms with Crippen LogP contribution in [-0.4, -0.2) is 48.8 Å². The highest BCUT2D eigenvalue weighted by Crippen LogP contribution is 2.34. The molecule has 0 aromatic carbocycles. The third-order valence-corrected chi connectivity index (χ3v) is 4.77. The molecule has 2 bridgehead atoms. The topological polar surface area (TPSA) is 24.5 Å². The molecule has 0 amide bonds. The molecular formula is C15H28N2O. The lowest BCUT2D eigenvalue weighted by atomic mass is 9.93. The van der Waals surface area contributed by atoms with Crippen LogP contribution in [0.15, 0.2) is 0 Å². The molecule has 0 aromatic rings. The minimum Gasteiger partial charge on any atom is -0.373 e. The fourth-order valence-corrected chi connectivity index (χ4v) is 3.91. The molecule has 3 rings (SSSR count). The number of nitrogens with zero attached hydrogens (tertiary/aromatic N) is 1. The standard InChI is InChI=1S/C15H28N2O/c1-11(2)10-17-7-5-12(6-8-17)16-14-9-13-3-4-15(14)18-13/h11-16H,3-10H2,1-2H3. The van der Waals surface area contributed by atoms with Crippen molar-refractivity contribution in [3.63, 3.8) is 0 Å². The summed E-state index contributed by atoms with van der Waals surface area (Å²) in [6.07, 6.45) is 7.60. The Bertz CT molecular complexity index is 274. The molecule has 3 unspecified atom stereocenters. The zero-order valence-corrected chi connectivity index (χ0v) is 11.9. The van der Waals surface area contributed by atoms with Crippen molar-refractivity contribution in [1.29, 1.82) is 0 Å². The summed E-state index contributed by atoms with van der Waals surface area (Å²) in [4.78, 5) is 2.63. The van der Waals surface area contributed by atoms with Crippen LogP contribution in [0.2, 0.25) is 0 Å². The van der Waals surface area contributed by atoms with Gasteiger partial charge in [-0.25, -0.2) is 0 Å². The van der Waals surface area contributed by atoms with Gasteiger partial charge in [0.15, 0.2) is 0 Å². The highest BCUT2D eigenvalue weighted by molar-refractivity contribution is 4.95. The molecule has 3 saturated heterocycles. The average Bonchev–Trinajstić information content (AvgIpc) is 2.93. The summed E-state index contributed by atoms with van der Waals surface area (Å²) in [6, 6.07) is 1.40. The van der Waals surface area contributed by atoms with Gasteiger partial charge in [-0.3, -0.25) is 0 Å². The summed E-state index contributed by atoms with van der Waals surface area (Å²) in [5, 5.41) is 3.87. The number of likely N-dealkylation sites (tertiary alicyclic amines) is 1. The number of hydrogen-bond acceptors (Lipinski definition) is 3. The highest BCUT2D eigenvalue weighted by atomic mass is 16.5. The predicted octanol–water partition coefficient (Wildman–Crippen LogP) is 2.02. The minimum atomic E-state index is 0.531. The summed E-state index contributed by atoms with van der Waals surface area (Å²) in [5.41, 5.74) is 0. The fraction of sp³-hybridized carbons (Fsp3) is 1.00. The number of piperidine rings is 1. The van der Waals surface area contributed by atoms with Gasteiger partial charge in [-0.1, -0.05) is 13.8 Å². The van der Waals surface area contributed by atoms with Crippen LogP contribution in [0.5, 0.6) is 0 Å². The van der Waals surface area contributed by atoms with E-state index < -0.39 is 0 Å². The molecule has 3 heterocycles. The molecule has 3 nitrogen and oxygen atoms in total. The Labute approximate surface area is 111 Å². The van der Waals surface area contributed by atoms with Gasteiger partial charge in [0.25, 0.3) is 0 Å². The first kappa shape index (κ1) is 12.9. The lowest BCUT2D eigenvalue weighted by molar-refractivity contribution is 0.0930. The molecule has 0 aliphatic carbocycles. The third-order valence-electron chi connectivity index (χ3n) is 4.77.